The van der Waals surface area contributed by atoms with Gasteiger partial charge in [-0.15, -0.1) is 0 Å². The van der Waals surface area contributed by atoms with Crippen LogP contribution < -0.4 is 5.32 Å². The summed E-state index contributed by atoms with van der Waals surface area (Å²) >= 11 is 11.9. The van der Waals surface area contributed by atoms with Crippen LogP contribution in [0.5, 0.6) is 0 Å². The van der Waals surface area contributed by atoms with Crippen molar-refractivity contribution in [1.29, 1.82) is 0 Å². The third kappa shape index (κ3) is 4.71. The summed E-state index contributed by atoms with van der Waals surface area (Å²) in [5, 5.41) is 13.6. The summed E-state index contributed by atoms with van der Waals surface area (Å²) in [6, 6.07) is 8.33. The minimum absolute atomic E-state index is 0.0738. The monoisotopic (exact) mass is 396 g/mol. The molecule has 0 aliphatic heterocycles. The number of amides is 1. The minimum Gasteiger partial charge on any atom is -0.449 e. The number of rotatable bonds is 5. The van der Waals surface area contributed by atoms with Crippen LogP contribution in [0.15, 0.2) is 36.4 Å². The Labute approximate surface area is 159 Å². The highest BCUT2D eigenvalue weighted by Crippen LogP contribution is 2.24. The number of nitrogens with zero attached hydrogens (tertiary/aromatic N) is 1. The van der Waals surface area contributed by atoms with Crippen LogP contribution in [0.1, 0.15) is 22.8 Å². The summed E-state index contributed by atoms with van der Waals surface area (Å²) < 4.78 is 5.07. The maximum atomic E-state index is 12.2. The van der Waals surface area contributed by atoms with Crippen molar-refractivity contribution in [2.24, 2.45) is 0 Å². The molecular formula is C17H14Cl2N2O5. The SMILES string of the molecule is Cc1ccc(NC(=O)[C@@H](C)OC(=O)c2ccc([N+](=O)[O-])cc2Cl)cc1Cl. The second kappa shape index (κ2) is 8.16. The summed E-state index contributed by atoms with van der Waals surface area (Å²) in [4.78, 5) is 34.3. The Kier molecular flexibility index (Phi) is 6.18. The number of benzene rings is 2. The van der Waals surface area contributed by atoms with Gasteiger partial charge in [-0.2, -0.15) is 0 Å². The van der Waals surface area contributed by atoms with Gasteiger partial charge >= 0.3 is 5.97 Å². The molecule has 2 aromatic carbocycles. The fraction of sp³-hybridized carbons (Fsp3) is 0.176. The topological polar surface area (TPSA) is 98.5 Å². The molecule has 0 unspecified atom stereocenters. The number of halogens is 2. The second-order valence-electron chi connectivity index (χ2n) is 5.42. The highest BCUT2D eigenvalue weighted by molar-refractivity contribution is 6.33. The van der Waals surface area contributed by atoms with Crippen molar-refractivity contribution in [3.8, 4) is 0 Å². The lowest BCUT2D eigenvalue weighted by atomic mass is 10.2. The first-order chi connectivity index (χ1) is 12.2. The smallest absolute Gasteiger partial charge is 0.340 e. The zero-order valence-corrected chi connectivity index (χ0v) is 15.3. The number of non-ortho nitro benzene ring substituents is 1. The molecular weight excluding hydrogens is 383 g/mol. The van der Waals surface area contributed by atoms with E-state index in [9.17, 15) is 19.7 Å². The first-order valence-corrected chi connectivity index (χ1v) is 8.16. The summed E-state index contributed by atoms with van der Waals surface area (Å²) in [7, 11) is 0. The molecule has 1 atom stereocenters. The second-order valence-corrected chi connectivity index (χ2v) is 6.24. The number of nitro benzene ring substituents is 1. The van der Waals surface area contributed by atoms with Gasteiger partial charge in [0, 0.05) is 22.8 Å². The first-order valence-electron chi connectivity index (χ1n) is 7.41. The standard InChI is InChI=1S/C17H14Cl2N2O5/c1-9-3-4-11(7-14(9)18)20-16(22)10(2)26-17(23)13-6-5-12(21(24)25)8-15(13)19/h3-8,10H,1-2H3,(H,20,22)/t10-/m1/s1. The van der Waals surface area contributed by atoms with Gasteiger partial charge in [-0.3, -0.25) is 14.9 Å². The van der Waals surface area contributed by atoms with Gasteiger partial charge in [0.25, 0.3) is 11.6 Å². The van der Waals surface area contributed by atoms with E-state index in [2.05, 4.69) is 5.32 Å². The highest BCUT2D eigenvalue weighted by atomic mass is 35.5. The lowest BCUT2D eigenvalue weighted by Gasteiger charge is -2.14. The fourth-order valence-electron chi connectivity index (χ4n) is 1.98. The molecule has 2 rings (SSSR count). The van der Waals surface area contributed by atoms with Crippen molar-refractivity contribution >= 4 is 46.5 Å². The molecule has 0 aliphatic rings. The highest BCUT2D eigenvalue weighted by Gasteiger charge is 2.22. The molecule has 0 fully saturated rings. The quantitative estimate of drug-likeness (QED) is 0.458. The molecule has 1 amide bonds. The summed E-state index contributed by atoms with van der Waals surface area (Å²) in [6.07, 6.45) is -1.12. The van der Waals surface area contributed by atoms with Crippen molar-refractivity contribution in [3.05, 3.63) is 67.7 Å². The first kappa shape index (κ1) is 19.7. The van der Waals surface area contributed by atoms with Crippen molar-refractivity contribution in [2.45, 2.75) is 20.0 Å². The molecule has 0 heterocycles. The number of carbonyl (C=O) groups is 2. The van der Waals surface area contributed by atoms with Crippen LogP contribution in [0.25, 0.3) is 0 Å². The molecule has 0 aliphatic carbocycles. The van der Waals surface area contributed by atoms with Gasteiger partial charge in [0.1, 0.15) is 0 Å². The number of carbonyl (C=O) groups excluding carboxylic acids is 2. The Morgan fingerprint density at radius 2 is 1.85 bits per heavy atom. The van der Waals surface area contributed by atoms with Crippen LogP contribution in [-0.4, -0.2) is 22.9 Å². The summed E-state index contributed by atoms with van der Waals surface area (Å²) in [5.74, 6) is -1.43. The lowest BCUT2D eigenvalue weighted by Crippen LogP contribution is -2.30. The molecule has 0 saturated carbocycles. The van der Waals surface area contributed by atoms with E-state index < -0.39 is 22.9 Å². The van der Waals surface area contributed by atoms with Gasteiger partial charge in [-0.25, -0.2) is 4.79 Å². The molecule has 0 bridgehead atoms. The van der Waals surface area contributed by atoms with Crippen LogP contribution in [-0.2, 0) is 9.53 Å². The molecule has 136 valence electrons. The number of ether oxygens (including phenoxy) is 1. The van der Waals surface area contributed by atoms with Crippen molar-refractivity contribution in [1.82, 2.24) is 0 Å². The third-order valence-corrected chi connectivity index (χ3v) is 4.20. The number of hydrogen-bond acceptors (Lipinski definition) is 5. The van der Waals surface area contributed by atoms with E-state index in [4.69, 9.17) is 27.9 Å². The van der Waals surface area contributed by atoms with E-state index in [1.54, 1.807) is 18.2 Å². The Balaban J connectivity index is 2.05. The van der Waals surface area contributed by atoms with Crippen LogP contribution in [0.3, 0.4) is 0 Å². The predicted octanol–water partition coefficient (Wildman–Crippen LogP) is 4.39. The maximum absolute atomic E-state index is 12.2. The van der Waals surface area contributed by atoms with E-state index in [0.29, 0.717) is 10.7 Å². The number of esters is 1. The summed E-state index contributed by atoms with van der Waals surface area (Å²) in [6.45, 7) is 3.22. The van der Waals surface area contributed by atoms with E-state index in [1.165, 1.54) is 13.0 Å². The Hall–Kier alpha value is -2.64. The number of aryl methyl sites for hydroxylation is 1. The van der Waals surface area contributed by atoms with E-state index in [-0.39, 0.29) is 16.3 Å². The van der Waals surface area contributed by atoms with Crippen LogP contribution in [0, 0.1) is 17.0 Å². The van der Waals surface area contributed by atoms with Crippen LogP contribution >= 0.6 is 23.2 Å². The van der Waals surface area contributed by atoms with E-state index in [0.717, 1.165) is 17.7 Å². The Morgan fingerprint density at radius 3 is 2.42 bits per heavy atom. The predicted molar refractivity (Wildman–Crippen MR) is 97.8 cm³/mol. The maximum Gasteiger partial charge on any atom is 0.340 e. The van der Waals surface area contributed by atoms with Gasteiger partial charge in [0.05, 0.1) is 15.5 Å². The minimum atomic E-state index is -1.12. The average molecular weight is 397 g/mol. The van der Waals surface area contributed by atoms with Crippen molar-refractivity contribution in [2.75, 3.05) is 5.32 Å². The molecule has 1 N–H and O–H groups in total. The van der Waals surface area contributed by atoms with Gasteiger partial charge in [0.2, 0.25) is 0 Å². The Morgan fingerprint density at radius 1 is 1.15 bits per heavy atom. The van der Waals surface area contributed by atoms with E-state index >= 15 is 0 Å². The number of nitrogens with one attached hydrogen (secondary N) is 1. The molecule has 0 aromatic heterocycles. The molecule has 0 spiro atoms. The Bertz CT molecular complexity index is 885. The molecule has 0 radical (unpaired) electrons. The van der Waals surface area contributed by atoms with Crippen molar-refractivity contribution in [3.63, 3.8) is 0 Å². The van der Waals surface area contributed by atoms with Gasteiger partial charge in [-0.05, 0) is 37.6 Å². The zero-order valence-electron chi connectivity index (χ0n) is 13.8. The van der Waals surface area contributed by atoms with Crippen LogP contribution in [0.4, 0.5) is 11.4 Å². The lowest BCUT2D eigenvalue weighted by molar-refractivity contribution is -0.384. The van der Waals surface area contributed by atoms with Crippen LogP contribution in [0.2, 0.25) is 10.0 Å². The average Bonchev–Trinajstić information content (AvgIpc) is 2.57. The zero-order chi connectivity index (χ0) is 19.4. The fourth-order valence-corrected chi connectivity index (χ4v) is 2.41. The van der Waals surface area contributed by atoms with Gasteiger partial charge in [0.15, 0.2) is 6.10 Å². The van der Waals surface area contributed by atoms with Gasteiger partial charge < -0.3 is 10.1 Å². The molecule has 7 nitrogen and oxygen atoms in total. The number of nitro groups is 1. The summed E-state index contributed by atoms with van der Waals surface area (Å²) in [5.41, 5.74) is 0.989. The van der Waals surface area contributed by atoms with Crippen molar-refractivity contribution < 1.29 is 19.2 Å². The molecule has 0 saturated heterocycles. The third-order valence-electron chi connectivity index (χ3n) is 3.48. The van der Waals surface area contributed by atoms with Gasteiger partial charge in [-0.1, -0.05) is 29.3 Å². The molecule has 9 heteroatoms. The molecule has 2 aromatic rings. The number of hydrogen-bond donors (Lipinski definition) is 1. The molecule has 26 heavy (non-hydrogen) atoms. The number of anilines is 1. The van der Waals surface area contributed by atoms with E-state index in [1.807, 2.05) is 6.92 Å². The largest absolute Gasteiger partial charge is 0.449 e. The normalized spacial score (nSPS) is 11.5.